The molecule has 0 aliphatic carbocycles. The third-order valence-electron chi connectivity index (χ3n) is 4.14. The first-order valence-corrected chi connectivity index (χ1v) is 8.44. The molecule has 0 unspecified atom stereocenters. The number of hydrogen-bond donors (Lipinski definition) is 1. The second-order valence-corrected chi connectivity index (χ2v) is 6.15. The lowest BCUT2D eigenvalue weighted by molar-refractivity contribution is -0.121. The van der Waals surface area contributed by atoms with Crippen LogP contribution >= 0.6 is 0 Å². The molecule has 0 radical (unpaired) electrons. The van der Waals surface area contributed by atoms with Gasteiger partial charge in [-0.1, -0.05) is 24.3 Å². The largest absolute Gasteiger partial charge is 0.352 e. The molecule has 0 aliphatic heterocycles. The van der Waals surface area contributed by atoms with E-state index in [4.69, 9.17) is 0 Å². The van der Waals surface area contributed by atoms with E-state index in [9.17, 15) is 4.79 Å². The number of carbonyl (C=O) groups is 1. The molecule has 0 aliphatic rings. The second-order valence-electron chi connectivity index (χ2n) is 6.15. The Balaban J connectivity index is 1.54. The number of hydrogen-bond acceptors (Lipinski definition) is 3. The van der Waals surface area contributed by atoms with Crippen molar-refractivity contribution in [1.29, 1.82) is 0 Å². The van der Waals surface area contributed by atoms with Crippen molar-refractivity contribution in [2.45, 2.75) is 39.9 Å². The van der Waals surface area contributed by atoms with E-state index < -0.39 is 0 Å². The van der Waals surface area contributed by atoms with Gasteiger partial charge in [-0.25, -0.2) is 0 Å². The van der Waals surface area contributed by atoms with Crippen molar-refractivity contribution < 1.29 is 4.79 Å². The molecular weight excluding hydrogens is 314 g/mol. The Kier molecular flexibility index (Phi) is 5.28. The molecule has 0 saturated carbocycles. The third-order valence-corrected chi connectivity index (χ3v) is 4.14. The zero-order valence-corrected chi connectivity index (χ0v) is 14.6. The predicted molar refractivity (Wildman–Crippen MR) is 95.9 cm³/mol. The Morgan fingerprint density at radius 1 is 1.16 bits per heavy atom. The molecule has 3 aromatic rings. The SMILES string of the molecule is Cc1cc(C)n(CCC(=O)NCc2ccccc2Cn2cccn2)n1. The van der Waals surface area contributed by atoms with Gasteiger partial charge in [-0.15, -0.1) is 0 Å². The van der Waals surface area contributed by atoms with Gasteiger partial charge in [-0.3, -0.25) is 14.2 Å². The van der Waals surface area contributed by atoms with Gasteiger partial charge in [-0.05, 0) is 37.1 Å². The fourth-order valence-electron chi connectivity index (χ4n) is 2.84. The van der Waals surface area contributed by atoms with Gasteiger partial charge in [0.05, 0.1) is 12.2 Å². The van der Waals surface area contributed by atoms with Crippen LogP contribution in [0.1, 0.15) is 28.9 Å². The van der Waals surface area contributed by atoms with Gasteiger partial charge in [0.15, 0.2) is 0 Å². The van der Waals surface area contributed by atoms with Crippen molar-refractivity contribution in [2.75, 3.05) is 0 Å². The zero-order valence-electron chi connectivity index (χ0n) is 14.6. The normalized spacial score (nSPS) is 10.8. The summed E-state index contributed by atoms with van der Waals surface area (Å²) in [6.07, 6.45) is 4.12. The van der Waals surface area contributed by atoms with E-state index >= 15 is 0 Å². The van der Waals surface area contributed by atoms with Gasteiger partial charge in [0.25, 0.3) is 0 Å². The van der Waals surface area contributed by atoms with E-state index in [-0.39, 0.29) is 5.91 Å². The summed E-state index contributed by atoms with van der Waals surface area (Å²) in [6.45, 7) is 5.78. The molecule has 2 aromatic heterocycles. The zero-order chi connectivity index (χ0) is 17.6. The van der Waals surface area contributed by atoms with Crippen LogP contribution in [-0.4, -0.2) is 25.5 Å². The number of nitrogens with one attached hydrogen (secondary N) is 1. The molecule has 130 valence electrons. The van der Waals surface area contributed by atoms with Gasteiger partial charge in [0, 0.05) is 37.6 Å². The first kappa shape index (κ1) is 17.0. The summed E-state index contributed by atoms with van der Waals surface area (Å²) in [5, 5.41) is 11.6. The molecule has 6 nitrogen and oxygen atoms in total. The van der Waals surface area contributed by atoms with E-state index in [0.717, 1.165) is 22.5 Å². The van der Waals surface area contributed by atoms with Crippen molar-refractivity contribution in [3.63, 3.8) is 0 Å². The van der Waals surface area contributed by atoms with Crippen molar-refractivity contribution in [1.82, 2.24) is 24.9 Å². The highest BCUT2D eigenvalue weighted by atomic mass is 16.1. The Morgan fingerprint density at radius 2 is 1.96 bits per heavy atom. The van der Waals surface area contributed by atoms with Gasteiger partial charge in [0.2, 0.25) is 5.91 Å². The molecule has 0 atom stereocenters. The molecule has 2 heterocycles. The molecule has 1 aromatic carbocycles. The van der Waals surface area contributed by atoms with Crippen LogP contribution in [0.5, 0.6) is 0 Å². The van der Waals surface area contributed by atoms with E-state index in [1.54, 1.807) is 6.20 Å². The van der Waals surface area contributed by atoms with Crippen LogP contribution in [0, 0.1) is 13.8 Å². The smallest absolute Gasteiger partial charge is 0.222 e. The maximum absolute atomic E-state index is 12.2. The lowest BCUT2D eigenvalue weighted by atomic mass is 10.1. The molecule has 6 heteroatoms. The summed E-state index contributed by atoms with van der Waals surface area (Å²) in [4.78, 5) is 12.2. The lowest BCUT2D eigenvalue weighted by Crippen LogP contribution is -2.25. The minimum absolute atomic E-state index is 0.0291. The lowest BCUT2D eigenvalue weighted by Gasteiger charge is -2.11. The molecule has 0 fully saturated rings. The molecule has 0 spiro atoms. The van der Waals surface area contributed by atoms with E-state index in [1.807, 2.05) is 59.7 Å². The molecule has 1 amide bonds. The number of nitrogens with zero attached hydrogens (tertiary/aromatic N) is 4. The average Bonchev–Trinajstić information content (AvgIpc) is 3.21. The van der Waals surface area contributed by atoms with Crippen LogP contribution in [0.4, 0.5) is 0 Å². The summed E-state index contributed by atoms with van der Waals surface area (Å²) in [5.41, 5.74) is 4.32. The topological polar surface area (TPSA) is 64.7 Å². The van der Waals surface area contributed by atoms with Crippen molar-refractivity contribution >= 4 is 5.91 Å². The first-order valence-electron chi connectivity index (χ1n) is 8.44. The highest BCUT2D eigenvalue weighted by Crippen LogP contribution is 2.10. The monoisotopic (exact) mass is 337 g/mol. The minimum Gasteiger partial charge on any atom is -0.352 e. The number of amides is 1. The summed E-state index contributed by atoms with van der Waals surface area (Å²) < 4.78 is 3.75. The van der Waals surface area contributed by atoms with E-state index in [0.29, 0.717) is 26.1 Å². The Hall–Kier alpha value is -2.89. The minimum atomic E-state index is 0.0291. The summed E-state index contributed by atoms with van der Waals surface area (Å²) in [5.74, 6) is 0.0291. The Bertz CT molecular complexity index is 835. The van der Waals surface area contributed by atoms with Crippen molar-refractivity contribution in [3.05, 3.63) is 71.3 Å². The quantitative estimate of drug-likeness (QED) is 0.720. The van der Waals surface area contributed by atoms with Gasteiger partial charge in [0.1, 0.15) is 0 Å². The van der Waals surface area contributed by atoms with Crippen LogP contribution in [0.15, 0.2) is 48.8 Å². The number of rotatable bonds is 7. The van der Waals surface area contributed by atoms with Crippen molar-refractivity contribution in [3.8, 4) is 0 Å². The van der Waals surface area contributed by atoms with Crippen LogP contribution in [0.25, 0.3) is 0 Å². The van der Waals surface area contributed by atoms with Crippen LogP contribution in [0.3, 0.4) is 0 Å². The summed E-state index contributed by atoms with van der Waals surface area (Å²) in [6, 6.07) is 12.0. The maximum Gasteiger partial charge on any atom is 0.222 e. The molecule has 0 saturated heterocycles. The van der Waals surface area contributed by atoms with E-state index in [2.05, 4.69) is 21.6 Å². The summed E-state index contributed by atoms with van der Waals surface area (Å²) in [7, 11) is 0. The van der Waals surface area contributed by atoms with E-state index in [1.165, 1.54) is 0 Å². The number of carbonyl (C=O) groups excluding carboxylic acids is 1. The molecule has 25 heavy (non-hydrogen) atoms. The third kappa shape index (κ3) is 4.56. The van der Waals surface area contributed by atoms with Crippen LogP contribution in [-0.2, 0) is 24.4 Å². The van der Waals surface area contributed by atoms with Crippen LogP contribution in [0.2, 0.25) is 0 Å². The number of aromatic nitrogens is 4. The molecule has 1 N–H and O–H groups in total. The Morgan fingerprint density at radius 3 is 2.64 bits per heavy atom. The fraction of sp³-hybridized carbons (Fsp3) is 0.316. The standard InChI is InChI=1S/C19H23N5O/c1-15-12-16(2)24(22-15)11-8-19(25)20-13-17-6-3-4-7-18(17)14-23-10-5-9-21-23/h3-7,9-10,12H,8,11,13-14H2,1-2H3,(H,20,25). The first-order chi connectivity index (χ1) is 12.1. The number of aryl methyl sites for hydroxylation is 3. The van der Waals surface area contributed by atoms with Crippen molar-refractivity contribution in [2.24, 2.45) is 0 Å². The fourth-order valence-corrected chi connectivity index (χ4v) is 2.84. The van der Waals surface area contributed by atoms with Gasteiger partial charge in [-0.2, -0.15) is 10.2 Å². The highest BCUT2D eigenvalue weighted by Gasteiger charge is 2.07. The average molecular weight is 337 g/mol. The summed E-state index contributed by atoms with van der Waals surface area (Å²) >= 11 is 0. The van der Waals surface area contributed by atoms with Gasteiger partial charge < -0.3 is 5.32 Å². The second kappa shape index (κ2) is 7.79. The molecular formula is C19H23N5O. The predicted octanol–water partition coefficient (Wildman–Crippen LogP) is 2.45. The maximum atomic E-state index is 12.2. The molecule has 0 bridgehead atoms. The van der Waals surface area contributed by atoms with Crippen LogP contribution < -0.4 is 5.32 Å². The molecule has 3 rings (SSSR count). The highest BCUT2D eigenvalue weighted by molar-refractivity contribution is 5.75. The Labute approximate surface area is 147 Å². The number of benzene rings is 1. The van der Waals surface area contributed by atoms with Gasteiger partial charge >= 0.3 is 0 Å².